The van der Waals surface area contributed by atoms with Crippen LogP contribution in [0.5, 0.6) is 0 Å². The van der Waals surface area contributed by atoms with Crippen LogP contribution < -0.4 is 10.6 Å². The average molecular weight is 439 g/mol. The molecule has 0 saturated carbocycles. The topological polar surface area (TPSA) is 97.4 Å². The lowest BCUT2D eigenvalue weighted by Gasteiger charge is -2.11. The number of ether oxygens (including phenoxy) is 1. The maximum Gasteiger partial charge on any atom is 0.337 e. The Morgan fingerprint density at radius 3 is 2.39 bits per heavy atom. The van der Waals surface area contributed by atoms with Gasteiger partial charge in [0, 0.05) is 16.1 Å². The second-order valence-electron chi connectivity index (χ2n) is 6.94. The molecule has 1 heterocycles. The average Bonchev–Trinajstić information content (AvgIpc) is 3.34. The van der Waals surface area contributed by atoms with E-state index in [1.54, 1.807) is 24.3 Å². The zero-order valence-corrected chi connectivity index (χ0v) is 17.3. The summed E-state index contributed by atoms with van der Waals surface area (Å²) in [5, 5.41) is 5.95. The van der Waals surface area contributed by atoms with Crippen molar-refractivity contribution in [3.8, 4) is 0 Å². The molecule has 0 radical (unpaired) electrons. The molecular formula is C22H18FN3O4S. The molecule has 4 rings (SSSR count). The number of halogens is 1. The Morgan fingerprint density at radius 2 is 1.71 bits per heavy atom. The van der Waals surface area contributed by atoms with Gasteiger partial charge < -0.3 is 10.1 Å². The van der Waals surface area contributed by atoms with E-state index in [0.717, 1.165) is 4.88 Å². The SMILES string of the molecule is COC(=O)c1ccc(NC(=O)[C@H]2CCc3sc(NC(=O)c4ccc(F)cc4)nc32)cc1. The van der Waals surface area contributed by atoms with Crippen molar-refractivity contribution in [3.05, 3.63) is 76.0 Å². The summed E-state index contributed by atoms with van der Waals surface area (Å²) >= 11 is 1.33. The number of hydrogen-bond acceptors (Lipinski definition) is 6. The molecule has 2 aromatic carbocycles. The zero-order chi connectivity index (χ0) is 22.0. The summed E-state index contributed by atoms with van der Waals surface area (Å²) in [4.78, 5) is 42.0. The Hall–Kier alpha value is -3.59. The summed E-state index contributed by atoms with van der Waals surface area (Å²) < 4.78 is 17.7. The van der Waals surface area contributed by atoms with Crippen molar-refractivity contribution < 1.29 is 23.5 Å². The van der Waals surface area contributed by atoms with Crippen molar-refractivity contribution in [2.24, 2.45) is 0 Å². The number of fused-ring (bicyclic) bond motifs is 1. The maximum atomic E-state index is 13.0. The van der Waals surface area contributed by atoms with Gasteiger partial charge in [-0.3, -0.25) is 14.9 Å². The Labute approximate surface area is 181 Å². The third-order valence-electron chi connectivity index (χ3n) is 4.93. The van der Waals surface area contributed by atoms with Crippen molar-refractivity contribution >= 4 is 39.9 Å². The second-order valence-corrected chi connectivity index (χ2v) is 8.02. The van der Waals surface area contributed by atoms with E-state index in [9.17, 15) is 18.8 Å². The third-order valence-corrected chi connectivity index (χ3v) is 5.98. The van der Waals surface area contributed by atoms with E-state index in [0.29, 0.717) is 40.5 Å². The van der Waals surface area contributed by atoms with Gasteiger partial charge in [-0.25, -0.2) is 14.2 Å². The van der Waals surface area contributed by atoms with E-state index >= 15 is 0 Å². The Bertz CT molecular complexity index is 1140. The van der Waals surface area contributed by atoms with Gasteiger partial charge in [0.25, 0.3) is 5.91 Å². The zero-order valence-electron chi connectivity index (χ0n) is 16.5. The first-order chi connectivity index (χ1) is 14.9. The highest BCUT2D eigenvalue weighted by atomic mass is 32.1. The molecule has 0 aliphatic heterocycles. The minimum atomic E-state index is -0.448. The number of benzene rings is 2. The summed E-state index contributed by atoms with van der Waals surface area (Å²) in [5.41, 5.74) is 1.93. The molecule has 158 valence electrons. The lowest BCUT2D eigenvalue weighted by atomic mass is 10.1. The van der Waals surface area contributed by atoms with E-state index in [1.807, 2.05) is 0 Å². The number of thiazole rings is 1. The first-order valence-corrected chi connectivity index (χ1v) is 10.3. The molecule has 0 unspecified atom stereocenters. The highest BCUT2D eigenvalue weighted by Crippen LogP contribution is 2.39. The molecule has 1 atom stereocenters. The van der Waals surface area contributed by atoms with Crippen LogP contribution in [0.15, 0.2) is 48.5 Å². The minimum absolute atomic E-state index is 0.203. The summed E-state index contributed by atoms with van der Waals surface area (Å²) in [7, 11) is 1.31. The van der Waals surface area contributed by atoms with Gasteiger partial charge in [0.05, 0.1) is 24.3 Å². The van der Waals surface area contributed by atoms with Gasteiger partial charge in [-0.15, -0.1) is 11.3 Å². The fraction of sp³-hybridized carbons (Fsp3) is 0.182. The van der Waals surface area contributed by atoms with Crippen molar-refractivity contribution in [3.63, 3.8) is 0 Å². The van der Waals surface area contributed by atoms with Crippen LogP contribution in [0.1, 0.15) is 43.6 Å². The highest BCUT2D eigenvalue weighted by Gasteiger charge is 2.33. The van der Waals surface area contributed by atoms with Crippen LogP contribution in [0.2, 0.25) is 0 Å². The fourth-order valence-electron chi connectivity index (χ4n) is 3.34. The lowest BCUT2D eigenvalue weighted by Crippen LogP contribution is -2.20. The molecule has 31 heavy (non-hydrogen) atoms. The van der Waals surface area contributed by atoms with Gasteiger partial charge in [0.2, 0.25) is 5.91 Å². The maximum absolute atomic E-state index is 13.0. The van der Waals surface area contributed by atoms with Gasteiger partial charge in [-0.1, -0.05) is 0 Å². The summed E-state index contributed by atoms with van der Waals surface area (Å²) in [6.07, 6.45) is 1.32. The van der Waals surface area contributed by atoms with Gasteiger partial charge in [0.1, 0.15) is 5.82 Å². The van der Waals surface area contributed by atoms with E-state index in [-0.39, 0.29) is 11.8 Å². The quantitative estimate of drug-likeness (QED) is 0.586. The number of nitrogens with zero attached hydrogens (tertiary/aromatic N) is 1. The number of rotatable bonds is 5. The van der Waals surface area contributed by atoms with Crippen LogP contribution in [0.4, 0.5) is 15.2 Å². The second kappa shape index (κ2) is 8.65. The number of aryl methyl sites for hydroxylation is 1. The number of esters is 1. The molecule has 1 aliphatic carbocycles. The van der Waals surface area contributed by atoms with Crippen molar-refractivity contribution in [2.75, 3.05) is 17.7 Å². The molecule has 9 heteroatoms. The number of carbonyl (C=O) groups excluding carboxylic acids is 3. The van der Waals surface area contributed by atoms with E-state index in [2.05, 4.69) is 20.4 Å². The normalized spacial score (nSPS) is 14.6. The molecule has 1 aliphatic rings. The minimum Gasteiger partial charge on any atom is -0.465 e. The number of amides is 2. The Balaban J connectivity index is 1.43. The number of anilines is 2. The molecular weight excluding hydrogens is 421 g/mol. The van der Waals surface area contributed by atoms with Crippen molar-refractivity contribution in [1.82, 2.24) is 4.98 Å². The predicted octanol–water partition coefficient (Wildman–Crippen LogP) is 3.99. The highest BCUT2D eigenvalue weighted by molar-refractivity contribution is 7.16. The number of aromatic nitrogens is 1. The molecule has 0 bridgehead atoms. The van der Waals surface area contributed by atoms with Gasteiger partial charge in [0.15, 0.2) is 5.13 Å². The molecule has 0 spiro atoms. The van der Waals surface area contributed by atoms with Crippen molar-refractivity contribution in [2.45, 2.75) is 18.8 Å². The number of methoxy groups -OCH3 is 1. The van der Waals surface area contributed by atoms with Crippen LogP contribution in [0.3, 0.4) is 0 Å². The first kappa shape index (κ1) is 20.7. The van der Waals surface area contributed by atoms with E-state index in [4.69, 9.17) is 0 Å². The predicted molar refractivity (Wildman–Crippen MR) is 114 cm³/mol. The third kappa shape index (κ3) is 4.46. The summed E-state index contributed by atoms with van der Waals surface area (Å²) in [6, 6.07) is 11.6. The van der Waals surface area contributed by atoms with Crippen LogP contribution >= 0.6 is 11.3 Å². The standard InChI is InChI=1S/C22H18FN3O4S/c1-30-21(29)13-4-8-15(9-5-13)24-20(28)16-10-11-17-18(16)25-22(31-17)26-19(27)12-2-6-14(23)7-3-12/h2-9,16H,10-11H2,1H3,(H,24,28)(H,25,26,27)/t16-/m0/s1. The monoisotopic (exact) mass is 439 g/mol. The molecule has 2 N–H and O–H groups in total. The van der Waals surface area contributed by atoms with Gasteiger partial charge in [-0.2, -0.15) is 0 Å². The largest absolute Gasteiger partial charge is 0.465 e. The molecule has 7 nitrogen and oxygen atoms in total. The van der Waals surface area contributed by atoms with Crippen LogP contribution in [-0.4, -0.2) is 29.9 Å². The summed E-state index contributed by atoms with van der Waals surface area (Å²) in [5.74, 6) is -1.89. The smallest absolute Gasteiger partial charge is 0.337 e. The van der Waals surface area contributed by atoms with E-state index in [1.165, 1.54) is 42.7 Å². The molecule has 1 aromatic heterocycles. The molecule has 2 amide bonds. The molecule has 3 aromatic rings. The number of hydrogen-bond donors (Lipinski definition) is 2. The number of carbonyl (C=O) groups is 3. The summed E-state index contributed by atoms with van der Waals surface area (Å²) in [6.45, 7) is 0. The van der Waals surface area contributed by atoms with Gasteiger partial charge >= 0.3 is 5.97 Å². The van der Waals surface area contributed by atoms with Crippen LogP contribution in [-0.2, 0) is 16.0 Å². The van der Waals surface area contributed by atoms with Crippen LogP contribution in [0.25, 0.3) is 0 Å². The fourth-order valence-corrected chi connectivity index (χ4v) is 4.38. The van der Waals surface area contributed by atoms with E-state index < -0.39 is 17.7 Å². The number of nitrogens with one attached hydrogen (secondary N) is 2. The Morgan fingerprint density at radius 1 is 1.03 bits per heavy atom. The lowest BCUT2D eigenvalue weighted by molar-refractivity contribution is -0.117. The first-order valence-electron chi connectivity index (χ1n) is 9.50. The Kier molecular flexibility index (Phi) is 5.77. The molecule has 0 saturated heterocycles. The van der Waals surface area contributed by atoms with Gasteiger partial charge in [-0.05, 0) is 61.4 Å². The van der Waals surface area contributed by atoms with Crippen molar-refractivity contribution in [1.29, 1.82) is 0 Å². The van der Waals surface area contributed by atoms with Crippen LogP contribution in [0, 0.1) is 5.82 Å². The molecule has 0 fully saturated rings.